The third kappa shape index (κ3) is 22.3. The number of hydrogen-bond donors (Lipinski definition) is 0. The van der Waals surface area contributed by atoms with Crippen molar-refractivity contribution in [3.63, 3.8) is 0 Å². The van der Waals surface area contributed by atoms with E-state index in [2.05, 4.69) is 27.7 Å². The van der Waals surface area contributed by atoms with Gasteiger partial charge in [0, 0.05) is 0 Å². The van der Waals surface area contributed by atoms with Crippen LogP contribution in [0.3, 0.4) is 0 Å². The van der Waals surface area contributed by atoms with E-state index in [9.17, 15) is 17.8 Å². The van der Waals surface area contributed by atoms with E-state index >= 15 is 0 Å². The van der Waals surface area contributed by atoms with Gasteiger partial charge in [0.15, 0.2) is 0 Å². The first-order valence-corrected chi connectivity index (χ1v) is 18.6. The van der Waals surface area contributed by atoms with Crippen molar-refractivity contribution >= 4 is 27.0 Å². The summed E-state index contributed by atoms with van der Waals surface area (Å²) >= 11 is 0. The van der Waals surface area contributed by atoms with Crippen molar-refractivity contribution in [1.29, 1.82) is 0 Å². The van der Waals surface area contributed by atoms with Crippen LogP contribution in [0.1, 0.15) is 130 Å². The molecule has 1 aromatic rings. The van der Waals surface area contributed by atoms with Gasteiger partial charge in [-0.15, -0.1) is 0 Å². The lowest BCUT2D eigenvalue weighted by Gasteiger charge is -2.14. The zero-order chi connectivity index (χ0) is 29.4. The van der Waals surface area contributed by atoms with Gasteiger partial charge in [-0.25, -0.2) is 8.42 Å². The van der Waals surface area contributed by atoms with Crippen molar-refractivity contribution in [3.05, 3.63) is 29.8 Å². The molecule has 0 spiro atoms. The van der Waals surface area contributed by atoms with Crippen LogP contribution in [0.4, 0.5) is 0 Å². The quantitative estimate of drug-likeness (QED) is 0.0588. The summed E-state index contributed by atoms with van der Waals surface area (Å²) < 4.78 is 36.7. The summed E-state index contributed by atoms with van der Waals surface area (Å²) in [4.78, 5) is 11.9. The zero-order valence-electron chi connectivity index (χ0n) is 25.7. The predicted molar refractivity (Wildman–Crippen MR) is 168 cm³/mol. The Morgan fingerprint density at radius 1 is 0.821 bits per heavy atom. The minimum Gasteiger partial charge on any atom is -0.744 e. The molecule has 0 aliphatic rings. The Morgan fingerprint density at radius 3 is 1.85 bits per heavy atom. The van der Waals surface area contributed by atoms with Gasteiger partial charge in [-0.05, 0) is 62.1 Å². The zero-order valence-corrected chi connectivity index (χ0v) is 27.3. The number of benzene rings is 1. The molecule has 0 heterocycles. The Hall–Kier alpha value is -1.05. The Kier molecular flexibility index (Phi) is 24.1. The van der Waals surface area contributed by atoms with Crippen LogP contribution < -0.4 is 0 Å². The van der Waals surface area contributed by atoms with E-state index in [1.165, 1.54) is 107 Å². The first-order valence-electron chi connectivity index (χ1n) is 15.5. The molecule has 0 aliphatic heterocycles. The lowest BCUT2D eigenvalue weighted by Crippen LogP contribution is -2.20. The standard InChI is InChI=1S/C25H51O2S.C7H8O3S/c1-5-9-11-12-13-14-15-16-17-18-21-28(8-4)22-20-25(26)27-23-24(7-3)19-10-6-2;1-6-2-4-7(5-3-6)11(8,9)10/h24H,5-23H2,1-4H3;2-5H,1H3,(H,8,9,10)/q+1;/p-1. The Bertz CT molecular complexity index is 808. The van der Waals surface area contributed by atoms with E-state index < -0.39 is 10.1 Å². The average molecular weight is 587 g/mol. The second-order valence-corrected chi connectivity index (χ2v) is 14.6. The van der Waals surface area contributed by atoms with E-state index in [4.69, 9.17) is 4.74 Å². The molecular formula is C32H58O5S2. The number of carbonyl (C=O) groups excluding carboxylic acids is 1. The molecule has 2 atom stereocenters. The van der Waals surface area contributed by atoms with Gasteiger partial charge in [-0.2, -0.15) is 0 Å². The molecule has 0 radical (unpaired) electrons. The summed E-state index contributed by atoms with van der Waals surface area (Å²) in [6.45, 7) is 11.4. The molecule has 0 aromatic heterocycles. The predicted octanol–water partition coefficient (Wildman–Crippen LogP) is 8.59. The number of unbranched alkanes of at least 4 members (excludes halogenated alkanes) is 10. The molecule has 1 rings (SSSR count). The first-order chi connectivity index (χ1) is 18.7. The fraction of sp³-hybridized carbons (Fsp3) is 0.781. The van der Waals surface area contributed by atoms with Crippen LogP contribution >= 0.6 is 0 Å². The van der Waals surface area contributed by atoms with Crippen LogP contribution in [0, 0.1) is 12.8 Å². The lowest BCUT2D eigenvalue weighted by molar-refractivity contribution is -0.144. The third-order valence-corrected chi connectivity index (χ3v) is 10.4. The molecular weight excluding hydrogens is 528 g/mol. The minimum atomic E-state index is -4.27. The van der Waals surface area contributed by atoms with E-state index in [0.29, 0.717) is 29.8 Å². The second kappa shape index (κ2) is 24.7. The minimum absolute atomic E-state index is 0.0315. The van der Waals surface area contributed by atoms with Crippen LogP contribution in [-0.2, 0) is 30.5 Å². The highest BCUT2D eigenvalue weighted by molar-refractivity contribution is 7.96. The van der Waals surface area contributed by atoms with Crippen LogP contribution in [0.15, 0.2) is 29.2 Å². The largest absolute Gasteiger partial charge is 0.744 e. The maximum absolute atomic E-state index is 12.1. The van der Waals surface area contributed by atoms with Crippen molar-refractivity contribution in [2.45, 2.75) is 136 Å². The van der Waals surface area contributed by atoms with Gasteiger partial charge in [0.2, 0.25) is 0 Å². The number of hydrogen-bond acceptors (Lipinski definition) is 5. The Morgan fingerprint density at radius 2 is 1.36 bits per heavy atom. The van der Waals surface area contributed by atoms with Crippen molar-refractivity contribution in [1.82, 2.24) is 0 Å². The molecule has 228 valence electrons. The second-order valence-electron chi connectivity index (χ2n) is 10.6. The average Bonchev–Trinajstić information content (AvgIpc) is 2.91. The summed E-state index contributed by atoms with van der Waals surface area (Å²) in [5, 5.41) is 0. The van der Waals surface area contributed by atoms with Crippen LogP contribution in [0.5, 0.6) is 0 Å². The highest BCUT2D eigenvalue weighted by atomic mass is 32.2. The number of ether oxygens (including phenoxy) is 1. The maximum atomic E-state index is 12.1. The Labute approximate surface area is 244 Å². The molecule has 0 bridgehead atoms. The van der Waals surface area contributed by atoms with Crippen LogP contribution in [0.25, 0.3) is 0 Å². The molecule has 0 saturated carbocycles. The van der Waals surface area contributed by atoms with Gasteiger partial charge in [0.25, 0.3) is 0 Å². The normalized spacial score (nSPS) is 12.9. The summed E-state index contributed by atoms with van der Waals surface area (Å²) in [5.41, 5.74) is 0.928. The van der Waals surface area contributed by atoms with Crippen molar-refractivity contribution < 1.29 is 22.5 Å². The van der Waals surface area contributed by atoms with Crippen LogP contribution in [0.2, 0.25) is 0 Å². The molecule has 39 heavy (non-hydrogen) atoms. The molecule has 0 aliphatic carbocycles. The van der Waals surface area contributed by atoms with Gasteiger partial charge < -0.3 is 9.29 Å². The van der Waals surface area contributed by atoms with Gasteiger partial charge in [0.05, 0.1) is 17.9 Å². The lowest BCUT2D eigenvalue weighted by atomic mass is 10.0. The van der Waals surface area contributed by atoms with Gasteiger partial charge in [0.1, 0.15) is 27.4 Å². The van der Waals surface area contributed by atoms with E-state index in [0.717, 1.165) is 17.7 Å². The summed E-state index contributed by atoms with van der Waals surface area (Å²) in [5.74, 6) is 4.16. The number of rotatable bonds is 22. The monoisotopic (exact) mass is 586 g/mol. The Balaban J connectivity index is 0.00000108. The highest BCUT2D eigenvalue weighted by Crippen LogP contribution is 2.15. The van der Waals surface area contributed by atoms with Gasteiger partial charge in [-0.3, -0.25) is 4.79 Å². The summed E-state index contributed by atoms with van der Waals surface area (Å²) in [7, 11) is -3.86. The fourth-order valence-electron chi connectivity index (χ4n) is 4.30. The maximum Gasteiger partial charge on any atom is 0.310 e. The van der Waals surface area contributed by atoms with Crippen molar-refractivity contribution in [2.75, 3.05) is 23.9 Å². The SMILES string of the molecule is CCCCCCCCCCCC[S+](CC)CCC(=O)OCC(CC)CCCC.Cc1ccc(S(=O)(=O)[O-])cc1. The van der Waals surface area contributed by atoms with E-state index in [1.54, 1.807) is 12.1 Å². The molecule has 0 N–H and O–H groups in total. The topological polar surface area (TPSA) is 83.5 Å². The molecule has 2 unspecified atom stereocenters. The van der Waals surface area contributed by atoms with Crippen molar-refractivity contribution in [2.24, 2.45) is 5.92 Å². The van der Waals surface area contributed by atoms with Gasteiger partial charge >= 0.3 is 5.97 Å². The fourth-order valence-corrected chi connectivity index (χ4v) is 6.62. The van der Waals surface area contributed by atoms with E-state index in [-0.39, 0.29) is 10.9 Å². The van der Waals surface area contributed by atoms with Crippen molar-refractivity contribution in [3.8, 4) is 0 Å². The first kappa shape index (κ1) is 38.0. The molecule has 5 nitrogen and oxygen atoms in total. The van der Waals surface area contributed by atoms with Crippen LogP contribution in [-0.4, -0.2) is 42.8 Å². The summed E-state index contributed by atoms with van der Waals surface area (Å²) in [6, 6.07) is 5.78. The molecule has 0 amide bonds. The number of aryl methyl sites for hydroxylation is 1. The smallest absolute Gasteiger partial charge is 0.310 e. The molecule has 0 saturated heterocycles. The molecule has 1 aromatic carbocycles. The number of esters is 1. The van der Waals surface area contributed by atoms with Gasteiger partial charge in [-0.1, -0.05) is 109 Å². The third-order valence-electron chi connectivity index (χ3n) is 7.12. The molecule has 0 fully saturated rings. The summed E-state index contributed by atoms with van der Waals surface area (Å²) in [6.07, 6.45) is 19.4. The number of carbonyl (C=O) groups is 1. The highest BCUT2D eigenvalue weighted by Gasteiger charge is 2.18. The van der Waals surface area contributed by atoms with E-state index in [1.807, 2.05) is 6.92 Å². The molecule has 7 heteroatoms.